The molecule has 1 aromatic carbocycles. The third kappa shape index (κ3) is 3.55. The Balaban J connectivity index is 2.10. The highest BCUT2D eigenvalue weighted by molar-refractivity contribution is 5.92. The van der Waals surface area contributed by atoms with Crippen LogP contribution >= 0.6 is 0 Å². The molecule has 0 aromatic heterocycles. The summed E-state index contributed by atoms with van der Waals surface area (Å²) in [6, 6.07) is 4.28. The van der Waals surface area contributed by atoms with Crippen molar-refractivity contribution in [2.75, 3.05) is 11.9 Å². The van der Waals surface area contributed by atoms with Gasteiger partial charge >= 0.3 is 0 Å². The van der Waals surface area contributed by atoms with Gasteiger partial charge in [0.1, 0.15) is 12.4 Å². The predicted octanol–water partition coefficient (Wildman–Crippen LogP) is 2.30. The summed E-state index contributed by atoms with van der Waals surface area (Å²) < 4.78 is 13.4. The van der Waals surface area contributed by atoms with Gasteiger partial charge in [0.25, 0.3) is 0 Å². The zero-order valence-electron chi connectivity index (χ0n) is 10.6. The number of anilines is 1. The quantitative estimate of drug-likeness (QED) is 0.802. The Morgan fingerprint density at radius 1 is 1.42 bits per heavy atom. The van der Waals surface area contributed by atoms with E-state index in [1.54, 1.807) is 0 Å². The molecule has 1 aromatic rings. The molecule has 0 spiro atoms. The number of halogens is 1. The van der Waals surface area contributed by atoms with Crippen LogP contribution in [0.5, 0.6) is 0 Å². The minimum atomic E-state index is -0.459. The largest absolute Gasteiger partial charge is 0.384 e. The summed E-state index contributed by atoms with van der Waals surface area (Å²) >= 11 is 0. The molecular weight excluding hydrogens is 245 g/mol. The topological polar surface area (TPSA) is 49.3 Å². The maximum Gasteiger partial charge on any atom is 0.227 e. The number of carbonyl (C=O) groups is 1. The lowest BCUT2D eigenvalue weighted by molar-refractivity contribution is -0.119. The van der Waals surface area contributed by atoms with Gasteiger partial charge in [0, 0.05) is 11.6 Å². The number of benzene rings is 1. The molecule has 19 heavy (non-hydrogen) atoms. The minimum absolute atomic E-state index is 0.00910. The molecule has 4 heteroatoms. The van der Waals surface area contributed by atoms with Crippen molar-refractivity contribution in [1.29, 1.82) is 0 Å². The van der Waals surface area contributed by atoms with Crippen LogP contribution in [0.3, 0.4) is 0 Å². The van der Waals surface area contributed by atoms with Gasteiger partial charge in [-0.25, -0.2) is 4.39 Å². The second-order valence-corrected chi connectivity index (χ2v) is 4.63. The van der Waals surface area contributed by atoms with E-state index in [0.29, 0.717) is 5.69 Å². The summed E-state index contributed by atoms with van der Waals surface area (Å²) in [6.07, 6.45) is 4.03. The van der Waals surface area contributed by atoms with E-state index in [9.17, 15) is 9.18 Å². The number of hydrogen-bond donors (Lipinski definition) is 2. The lowest BCUT2D eigenvalue weighted by atomic mass is 10.1. The maximum absolute atomic E-state index is 13.4. The van der Waals surface area contributed by atoms with Gasteiger partial charge in [-0.05, 0) is 31.0 Å². The first-order chi connectivity index (χ1) is 9.20. The SMILES string of the molecule is O=C(Nc1ccc(F)c(C#CCO)c1)C1CCCC1. The monoisotopic (exact) mass is 261 g/mol. The van der Waals surface area contributed by atoms with Crippen LogP contribution < -0.4 is 5.32 Å². The summed E-state index contributed by atoms with van der Waals surface area (Å²) in [6.45, 7) is -0.321. The number of rotatable bonds is 2. The fraction of sp³-hybridized carbons (Fsp3) is 0.400. The molecule has 2 N–H and O–H groups in total. The van der Waals surface area contributed by atoms with Crippen LogP contribution in [0.1, 0.15) is 31.2 Å². The third-order valence-electron chi connectivity index (χ3n) is 3.26. The Bertz CT molecular complexity index is 525. The van der Waals surface area contributed by atoms with E-state index in [1.807, 2.05) is 0 Å². The van der Waals surface area contributed by atoms with Crippen molar-refractivity contribution in [3.05, 3.63) is 29.6 Å². The highest BCUT2D eigenvalue weighted by Crippen LogP contribution is 2.26. The van der Waals surface area contributed by atoms with Gasteiger partial charge in [-0.2, -0.15) is 0 Å². The molecule has 0 heterocycles. The van der Waals surface area contributed by atoms with E-state index < -0.39 is 5.82 Å². The number of nitrogens with one attached hydrogen (secondary N) is 1. The zero-order chi connectivity index (χ0) is 13.7. The van der Waals surface area contributed by atoms with Crippen LogP contribution in [0.15, 0.2) is 18.2 Å². The Morgan fingerprint density at radius 2 is 2.16 bits per heavy atom. The maximum atomic E-state index is 13.4. The zero-order valence-corrected chi connectivity index (χ0v) is 10.6. The molecule has 100 valence electrons. The smallest absolute Gasteiger partial charge is 0.227 e. The molecule has 1 amide bonds. The van der Waals surface area contributed by atoms with Crippen LogP contribution in [-0.2, 0) is 4.79 Å². The van der Waals surface area contributed by atoms with E-state index in [2.05, 4.69) is 17.2 Å². The first kappa shape index (κ1) is 13.6. The molecule has 2 rings (SSSR count). The van der Waals surface area contributed by atoms with E-state index in [-0.39, 0.29) is 24.0 Å². The fourth-order valence-electron chi connectivity index (χ4n) is 2.27. The molecule has 1 aliphatic rings. The lowest BCUT2D eigenvalue weighted by Crippen LogP contribution is -2.20. The average Bonchev–Trinajstić information content (AvgIpc) is 2.93. The van der Waals surface area contributed by atoms with Crippen LogP contribution in [-0.4, -0.2) is 17.6 Å². The second kappa shape index (κ2) is 6.35. The molecule has 0 aliphatic heterocycles. The van der Waals surface area contributed by atoms with Gasteiger partial charge in [0.2, 0.25) is 5.91 Å². The molecule has 0 unspecified atom stereocenters. The highest BCUT2D eigenvalue weighted by atomic mass is 19.1. The Labute approximate surface area is 111 Å². The number of carbonyl (C=O) groups excluding carboxylic acids is 1. The highest BCUT2D eigenvalue weighted by Gasteiger charge is 2.22. The minimum Gasteiger partial charge on any atom is -0.384 e. The van der Waals surface area contributed by atoms with Crippen LogP contribution in [0.4, 0.5) is 10.1 Å². The Morgan fingerprint density at radius 3 is 2.84 bits per heavy atom. The Hall–Kier alpha value is -1.86. The summed E-state index contributed by atoms with van der Waals surface area (Å²) in [5, 5.41) is 11.4. The van der Waals surface area contributed by atoms with Crippen molar-refractivity contribution >= 4 is 11.6 Å². The van der Waals surface area contributed by atoms with Gasteiger partial charge in [-0.3, -0.25) is 4.79 Å². The van der Waals surface area contributed by atoms with Crippen molar-refractivity contribution in [2.45, 2.75) is 25.7 Å². The predicted molar refractivity (Wildman–Crippen MR) is 71.0 cm³/mol. The first-order valence-electron chi connectivity index (χ1n) is 6.41. The molecule has 1 aliphatic carbocycles. The summed E-state index contributed by atoms with van der Waals surface area (Å²) in [7, 11) is 0. The van der Waals surface area contributed by atoms with Crippen molar-refractivity contribution in [2.24, 2.45) is 5.92 Å². The van der Waals surface area contributed by atoms with E-state index in [0.717, 1.165) is 25.7 Å². The fourth-order valence-corrected chi connectivity index (χ4v) is 2.27. The number of amides is 1. The number of aliphatic hydroxyl groups excluding tert-OH is 1. The molecule has 0 atom stereocenters. The van der Waals surface area contributed by atoms with Crippen molar-refractivity contribution in [1.82, 2.24) is 0 Å². The molecule has 1 fully saturated rings. The number of hydrogen-bond acceptors (Lipinski definition) is 2. The van der Waals surface area contributed by atoms with Gasteiger partial charge in [0.15, 0.2) is 0 Å². The lowest BCUT2D eigenvalue weighted by Gasteiger charge is -2.10. The van der Waals surface area contributed by atoms with Crippen LogP contribution in [0.25, 0.3) is 0 Å². The molecular formula is C15H16FNO2. The summed E-state index contributed by atoms with van der Waals surface area (Å²) in [4.78, 5) is 11.9. The molecule has 0 bridgehead atoms. The van der Waals surface area contributed by atoms with E-state index in [4.69, 9.17) is 5.11 Å². The summed E-state index contributed by atoms with van der Waals surface area (Å²) in [5.74, 6) is 4.51. The van der Waals surface area contributed by atoms with Crippen LogP contribution in [0.2, 0.25) is 0 Å². The standard InChI is InChI=1S/C15H16FNO2/c16-14-8-7-13(10-12(14)6-3-9-18)17-15(19)11-4-1-2-5-11/h7-8,10-11,18H,1-2,4-5,9H2,(H,17,19). The van der Waals surface area contributed by atoms with Crippen LogP contribution in [0, 0.1) is 23.6 Å². The normalized spacial score (nSPS) is 14.8. The van der Waals surface area contributed by atoms with Crippen molar-refractivity contribution in [3.8, 4) is 11.8 Å². The number of aliphatic hydroxyl groups is 1. The summed E-state index contributed by atoms with van der Waals surface area (Å²) in [5.41, 5.74) is 0.721. The molecule has 1 saturated carbocycles. The van der Waals surface area contributed by atoms with Gasteiger partial charge < -0.3 is 10.4 Å². The van der Waals surface area contributed by atoms with Gasteiger partial charge in [-0.15, -0.1) is 0 Å². The van der Waals surface area contributed by atoms with E-state index >= 15 is 0 Å². The first-order valence-corrected chi connectivity index (χ1v) is 6.41. The van der Waals surface area contributed by atoms with Crippen molar-refractivity contribution in [3.63, 3.8) is 0 Å². The molecule has 0 radical (unpaired) electrons. The van der Waals surface area contributed by atoms with Crippen molar-refractivity contribution < 1.29 is 14.3 Å². The molecule has 0 saturated heterocycles. The van der Waals surface area contributed by atoms with E-state index in [1.165, 1.54) is 18.2 Å². The molecule has 3 nitrogen and oxygen atoms in total. The third-order valence-corrected chi connectivity index (χ3v) is 3.26. The second-order valence-electron chi connectivity index (χ2n) is 4.63. The Kier molecular flexibility index (Phi) is 4.53. The average molecular weight is 261 g/mol. The van der Waals surface area contributed by atoms with Gasteiger partial charge in [0.05, 0.1) is 5.56 Å². The van der Waals surface area contributed by atoms with Gasteiger partial charge in [-0.1, -0.05) is 24.7 Å².